The molecule has 114 valence electrons. The van der Waals surface area contributed by atoms with Gasteiger partial charge in [0.15, 0.2) is 0 Å². The van der Waals surface area contributed by atoms with Crippen molar-refractivity contribution in [1.29, 1.82) is 0 Å². The number of aromatic amines is 1. The predicted octanol–water partition coefficient (Wildman–Crippen LogP) is 2.00. The van der Waals surface area contributed by atoms with Crippen LogP contribution in [0.1, 0.15) is 24.6 Å². The molecule has 0 radical (unpaired) electrons. The van der Waals surface area contributed by atoms with Gasteiger partial charge < -0.3 is 9.53 Å². The molecule has 3 atom stereocenters. The average molecular weight is 298 g/mol. The Labute approximate surface area is 128 Å². The molecular weight excluding hydrogens is 280 g/mol. The lowest BCUT2D eigenvalue weighted by Crippen LogP contribution is -2.32. The Morgan fingerprint density at radius 3 is 2.77 bits per heavy atom. The zero-order valence-corrected chi connectivity index (χ0v) is 12.6. The summed E-state index contributed by atoms with van der Waals surface area (Å²) < 4.78 is 6.00. The summed E-state index contributed by atoms with van der Waals surface area (Å²) in [5, 5.41) is 6.29. The van der Waals surface area contributed by atoms with Crippen molar-refractivity contribution in [3.8, 4) is 5.75 Å². The lowest BCUT2D eigenvalue weighted by molar-refractivity contribution is -0.109. The van der Waals surface area contributed by atoms with Crippen molar-refractivity contribution in [2.75, 3.05) is 0 Å². The molecule has 1 fully saturated rings. The molecule has 0 aliphatic heterocycles. The molecule has 1 N–H and O–H groups in total. The normalized spacial score (nSPS) is 24.5. The zero-order chi connectivity index (χ0) is 15.7. The van der Waals surface area contributed by atoms with Crippen LogP contribution in [-0.4, -0.2) is 22.6 Å². The quantitative estimate of drug-likeness (QED) is 0.857. The van der Waals surface area contributed by atoms with Gasteiger partial charge in [-0.2, -0.15) is 5.10 Å². The van der Waals surface area contributed by atoms with Gasteiger partial charge in [-0.3, -0.25) is 4.79 Å². The lowest BCUT2D eigenvalue weighted by Gasteiger charge is -2.26. The van der Waals surface area contributed by atoms with E-state index in [1.54, 1.807) is 6.92 Å². The fourth-order valence-electron chi connectivity index (χ4n) is 3.12. The number of aryl methyl sites for hydroxylation is 1. The van der Waals surface area contributed by atoms with Gasteiger partial charge in [0.2, 0.25) is 0 Å². The Morgan fingerprint density at radius 1 is 1.41 bits per heavy atom. The summed E-state index contributed by atoms with van der Waals surface area (Å²) in [4.78, 5) is 22.7. The van der Waals surface area contributed by atoms with E-state index in [1.807, 2.05) is 37.3 Å². The maximum Gasteiger partial charge on any atom is 0.267 e. The fraction of sp³-hybridized carbons (Fsp3) is 0.353. The molecule has 1 aromatic carbocycles. The maximum absolute atomic E-state index is 11.4. The summed E-state index contributed by atoms with van der Waals surface area (Å²) in [5.41, 5.74) is 1.09. The van der Waals surface area contributed by atoms with Gasteiger partial charge in [-0.15, -0.1) is 0 Å². The average Bonchev–Trinajstić information content (AvgIpc) is 3.28. The third-order valence-electron chi connectivity index (χ3n) is 4.52. The van der Waals surface area contributed by atoms with Crippen LogP contribution >= 0.6 is 0 Å². The van der Waals surface area contributed by atoms with Crippen LogP contribution in [0.2, 0.25) is 0 Å². The first-order valence-corrected chi connectivity index (χ1v) is 7.31. The van der Waals surface area contributed by atoms with Crippen LogP contribution in [0.25, 0.3) is 0 Å². The highest BCUT2D eigenvalue weighted by Gasteiger charge is 2.60. The summed E-state index contributed by atoms with van der Waals surface area (Å²) in [6, 6.07) is 11.3. The fourth-order valence-corrected chi connectivity index (χ4v) is 3.12. The Balaban J connectivity index is 1.92. The summed E-state index contributed by atoms with van der Waals surface area (Å²) in [6.45, 7) is 3.72. The van der Waals surface area contributed by atoms with Crippen LogP contribution in [0.4, 0.5) is 0 Å². The van der Waals surface area contributed by atoms with Crippen LogP contribution < -0.4 is 10.3 Å². The van der Waals surface area contributed by atoms with E-state index in [0.717, 1.165) is 18.3 Å². The van der Waals surface area contributed by atoms with Gasteiger partial charge in [-0.25, -0.2) is 5.10 Å². The number of carbonyl (C=O) groups excluding carboxylic acids is 1. The van der Waals surface area contributed by atoms with Gasteiger partial charge in [-0.05, 0) is 25.8 Å². The van der Waals surface area contributed by atoms with Crippen molar-refractivity contribution in [2.45, 2.75) is 31.8 Å². The number of nitrogens with zero attached hydrogens (tertiary/aromatic N) is 1. The van der Waals surface area contributed by atoms with Crippen molar-refractivity contribution in [3.63, 3.8) is 0 Å². The molecule has 22 heavy (non-hydrogen) atoms. The first-order chi connectivity index (χ1) is 10.6. The van der Waals surface area contributed by atoms with E-state index in [0.29, 0.717) is 11.4 Å². The van der Waals surface area contributed by atoms with Gasteiger partial charge in [0, 0.05) is 17.4 Å². The van der Waals surface area contributed by atoms with Gasteiger partial charge in [0.25, 0.3) is 5.56 Å². The third kappa shape index (κ3) is 2.32. The second-order valence-electron chi connectivity index (χ2n) is 5.80. The highest BCUT2D eigenvalue weighted by Crippen LogP contribution is 2.56. The summed E-state index contributed by atoms with van der Waals surface area (Å²) >= 11 is 0. The van der Waals surface area contributed by atoms with E-state index in [-0.39, 0.29) is 23.0 Å². The molecule has 1 aliphatic carbocycles. The minimum absolute atomic E-state index is 0.0554. The van der Waals surface area contributed by atoms with Gasteiger partial charge in [0.05, 0.1) is 5.69 Å². The topological polar surface area (TPSA) is 72.1 Å². The number of aromatic nitrogens is 2. The van der Waals surface area contributed by atoms with E-state index in [4.69, 9.17) is 4.74 Å². The Hall–Kier alpha value is -2.43. The number of aldehydes is 1. The second-order valence-corrected chi connectivity index (χ2v) is 5.80. The molecule has 1 aromatic heterocycles. The van der Waals surface area contributed by atoms with Crippen LogP contribution in [-0.2, 0) is 10.2 Å². The van der Waals surface area contributed by atoms with Crippen LogP contribution in [0, 0.1) is 12.8 Å². The van der Waals surface area contributed by atoms with Crippen LogP contribution in [0.5, 0.6) is 5.75 Å². The molecule has 5 heteroatoms. The predicted molar refractivity (Wildman–Crippen MR) is 82.0 cm³/mol. The Kier molecular flexibility index (Phi) is 3.56. The molecule has 1 saturated carbocycles. The SMILES string of the molecule is Cc1n[nH]c(=O)cc1OC(C)[C@@]1(c2ccccc2)C[C@H]1C=O. The number of nitrogens with one attached hydrogen (secondary N) is 1. The molecule has 5 nitrogen and oxygen atoms in total. The van der Waals surface area contributed by atoms with Gasteiger partial charge >= 0.3 is 0 Å². The van der Waals surface area contributed by atoms with Gasteiger partial charge in [0.1, 0.15) is 18.1 Å². The monoisotopic (exact) mass is 298 g/mol. The van der Waals surface area contributed by atoms with Gasteiger partial charge in [-0.1, -0.05) is 30.3 Å². The number of hydrogen-bond donors (Lipinski definition) is 1. The summed E-state index contributed by atoms with van der Waals surface area (Å²) in [6.07, 6.45) is 1.53. The molecule has 0 bridgehead atoms. The number of rotatable bonds is 5. The number of hydrogen-bond acceptors (Lipinski definition) is 4. The summed E-state index contributed by atoms with van der Waals surface area (Å²) in [5.74, 6) is 0.406. The standard InChI is InChI=1S/C17H18N2O3/c1-11-15(8-16(21)19-18-11)22-12(2)17(9-14(17)10-20)13-6-4-3-5-7-13/h3-8,10,12,14H,9H2,1-2H3,(H,19,21)/t12?,14-,17+/m0/s1. The molecular formula is C17H18N2O3. The highest BCUT2D eigenvalue weighted by atomic mass is 16.5. The van der Waals surface area contributed by atoms with Crippen molar-refractivity contribution < 1.29 is 9.53 Å². The highest BCUT2D eigenvalue weighted by molar-refractivity contribution is 5.65. The third-order valence-corrected chi connectivity index (χ3v) is 4.52. The van der Waals surface area contributed by atoms with E-state index in [2.05, 4.69) is 10.2 Å². The lowest BCUT2D eigenvalue weighted by atomic mass is 9.88. The number of H-pyrrole nitrogens is 1. The van der Waals surface area contributed by atoms with Crippen LogP contribution in [0.15, 0.2) is 41.2 Å². The Morgan fingerprint density at radius 2 is 2.14 bits per heavy atom. The molecule has 1 unspecified atom stereocenters. The van der Waals surface area contributed by atoms with Crippen molar-refractivity contribution in [1.82, 2.24) is 10.2 Å². The number of ether oxygens (including phenoxy) is 1. The first-order valence-electron chi connectivity index (χ1n) is 7.31. The smallest absolute Gasteiger partial charge is 0.267 e. The number of benzene rings is 1. The van der Waals surface area contributed by atoms with Crippen molar-refractivity contribution >= 4 is 6.29 Å². The van der Waals surface area contributed by atoms with E-state index in [9.17, 15) is 9.59 Å². The van der Waals surface area contributed by atoms with E-state index < -0.39 is 0 Å². The van der Waals surface area contributed by atoms with Crippen molar-refractivity contribution in [3.05, 3.63) is 58.0 Å². The summed E-state index contributed by atoms with van der Waals surface area (Å²) in [7, 11) is 0. The molecule has 1 aliphatic rings. The van der Waals surface area contributed by atoms with E-state index in [1.165, 1.54) is 6.07 Å². The molecule has 0 spiro atoms. The minimum Gasteiger partial charge on any atom is -0.488 e. The molecule has 0 amide bonds. The van der Waals surface area contributed by atoms with Crippen LogP contribution in [0.3, 0.4) is 0 Å². The first kappa shape index (κ1) is 14.5. The van der Waals surface area contributed by atoms with E-state index >= 15 is 0 Å². The number of carbonyl (C=O) groups is 1. The minimum atomic E-state index is -0.321. The molecule has 0 saturated heterocycles. The molecule has 2 aromatic rings. The Bertz CT molecular complexity index is 741. The molecule has 1 heterocycles. The zero-order valence-electron chi connectivity index (χ0n) is 12.6. The molecule has 3 rings (SSSR count). The van der Waals surface area contributed by atoms with Crippen molar-refractivity contribution in [2.24, 2.45) is 5.92 Å². The largest absolute Gasteiger partial charge is 0.488 e. The second kappa shape index (κ2) is 5.40. The maximum atomic E-state index is 11.4.